The highest BCUT2D eigenvalue weighted by atomic mass is 35.5. The summed E-state index contributed by atoms with van der Waals surface area (Å²) >= 11 is 14.2. The largest absolute Gasteiger partial charge is 0.445 e. The van der Waals surface area contributed by atoms with E-state index < -0.39 is 6.09 Å². The number of carbonyl (C=O) groups excluding carboxylic acids is 2. The lowest BCUT2D eigenvalue weighted by Crippen LogP contribution is -2.46. The number of carbonyl (C=O) groups is 2. The number of hydrogen-bond acceptors (Lipinski definition) is 4. The molecule has 5 rings (SSSR count). The average Bonchev–Trinajstić information content (AvgIpc) is 3.44. The summed E-state index contributed by atoms with van der Waals surface area (Å²) < 4.78 is 5.40. The van der Waals surface area contributed by atoms with Crippen molar-refractivity contribution < 1.29 is 14.3 Å². The Labute approximate surface area is 242 Å². The number of ether oxygens (including phenoxy) is 1. The summed E-state index contributed by atoms with van der Waals surface area (Å²) in [7, 11) is 0. The number of amides is 2. The van der Waals surface area contributed by atoms with Crippen LogP contribution in [0.2, 0.25) is 10.0 Å². The normalized spacial score (nSPS) is 16.9. The molecule has 200 valence electrons. The van der Waals surface area contributed by atoms with Gasteiger partial charge in [-0.2, -0.15) is 0 Å². The Morgan fingerprint density at radius 3 is 2.28 bits per heavy atom. The van der Waals surface area contributed by atoms with Crippen LogP contribution in [0.25, 0.3) is 10.4 Å². The van der Waals surface area contributed by atoms with Crippen molar-refractivity contribution in [3.05, 3.63) is 111 Å². The van der Waals surface area contributed by atoms with Gasteiger partial charge in [0.1, 0.15) is 6.61 Å². The first-order valence-corrected chi connectivity index (χ1v) is 14.5. The first-order chi connectivity index (χ1) is 19.0. The lowest BCUT2D eigenvalue weighted by atomic mass is 9.89. The number of anilines is 1. The summed E-state index contributed by atoms with van der Waals surface area (Å²) in [4.78, 5) is 29.3. The van der Waals surface area contributed by atoms with Gasteiger partial charge in [0.15, 0.2) is 0 Å². The lowest BCUT2D eigenvalue weighted by Gasteiger charge is -2.36. The molecular weight excluding hydrogens is 551 g/mol. The molecule has 0 radical (unpaired) electrons. The highest BCUT2D eigenvalue weighted by Gasteiger charge is 2.32. The van der Waals surface area contributed by atoms with E-state index in [1.54, 1.807) is 29.5 Å². The molecule has 2 amide bonds. The summed E-state index contributed by atoms with van der Waals surface area (Å²) in [5.74, 6) is -0.159. The summed E-state index contributed by atoms with van der Waals surface area (Å²) in [5, 5.41) is 5.82. The van der Waals surface area contributed by atoms with Crippen molar-refractivity contribution in [2.75, 3.05) is 4.90 Å². The SMILES string of the molecule is O=C(NC1CCC(N(C(=O)c2ccc(Cl)cc2Cl)c2csc(-c3ccccc3)c2)CC1)OCc1ccccc1. The molecule has 1 saturated carbocycles. The fraction of sp³-hybridized carbons (Fsp3) is 0.226. The Bertz CT molecular complexity index is 1420. The molecule has 1 N–H and O–H groups in total. The van der Waals surface area contributed by atoms with Gasteiger partial charge in [0.25, 0.3) is 5.91 Å². The van der Waals surface area contributed by atoms with E-state index in [9.17, 15) is 9.59 Å². The molecule has 0 saturated heterocycles. The molecule has 0 atom stereocenters. The van der Waals surface area contributed by atoms with Crippen molar-refractivity contribution in [1.29, 1.82) is 0 Å². The monoisotopic (exact) mass is 578 g/mol. The maximum absolute atomic E-state index is 13.9. The molecule has 3 aromatic carbocycles. The molecular formula is C31H28Cl2N2O3S. The highest BCUT2D eigenvalue weighted by Crippen LogP contribution is 2.37. The zero-order chi connectivity index (χ0) is 27.2. The highest BCUT2D eigenvalue weighted by molar-refractivity contribution is 7.14. The van der Waals surface area contributed by atoms with Crippen molar-refractivity contribution in [3.8, 4) is 10.4 Å². The van der Waals surface area contributed by atoms with Crippen LogP contribution in [0.4, 0.5) is 10.5 Å². The van der Waals surface area contributed by atoms with Crippen molar-refractivity contribution in [2.24, 2.45) is 0 Å². The van der Waals surface area contributed by atoms with Crippen LogP contribution < -0.4 is 10.2 Å². The van der Waals surface area contributed by atoms with E-state index in [4.69, 9.17) is 27.9 Å². The maximum atomic E-state index is 13.9. The summed E-state index contributed by atoms with van der Waals surface area (Å²) in [5.41, 5.74) is 3.30. The molecule has 1 aromatic heterocycles. The number of thiophene rings is 1. The Kier molecular flexibility index (Phi) is 8.87. The third-order valence-electron chi connectivity index (χ3n) is 6.90. The van der Waals surface area contributed by atoms with Crippen molar-refractivity contribution in [3.63, 3.8) is 0 Å². The Hall–Kier alpha value is -3.32. The molecule has 8 heteroatoms. The number of nitrogens with zero attached hydrogens (tertiary/aromatic N) is 1. The van der Waals surface area contributed by atoms with Crippen LogP contribution in [0.1, 0.15) is 41.6 Å². The number of rotatable bonds is 7. The van der Waals surface area contributed by atoms with Gasteiger partial charge in [-0.1, -0.05) is 83.9 Å². The summed E-state index contributed by atoms with van der Waals surface area (Å²) in [6, 6.07) is 26.7. The van der Waals surface area contributed by atoms with E-state index in [-0.39, 0.29) is 24.6 Å². The quantitative estimate of drug-likeness (QED) is 0.239. The second kappa shape index (κ2) is 12.7. The average molecular weight is 580 g/mol. The molecule has 1 aliphatic carbocycles. The molecule has 0 aliphatic heterocycles. The number of alkyl carbamates (subject to hydrolysis) is 1. The molecule has 5 nitrogen and oxygen atoms in total. The smallest absolute Gasteiger partial charge is 0.407 e. The van der Waals surface area contributed by atoms with Crippen LogP contribution in [-0.4, -0.2) is 24.1 Å². The van der Waals surface area contributed by atoms with E-state index in [1.165, 1.54) is 0 Å². The molecule has 0 bridgehead atoms. The summed E-state index contributed by atoms with van der Waals surface area (Å²) in [6.07, 6.45) is 2.51. The third kappa shape index (κ3) is 6.82. The van der Waals surface area contributed by atoms with Crippen LogP contribution in [0.15, 0.2) is 90.3 Å². The zero-order valence-corrected chi connectivity index (χ0v) is 23.5. The molecule has 0 spiro atoms. The van der Waals surface area contributed by atoms with Crippen molar-refractivity contribution in [2.45, 2.75) is 44.4 Å². The van der Waals surface area contributed by atoms with Gasteiger partial charge < -0.3 is 15.0 Å². The van der Waals surface area contributed by atoms with Gasteiger partial charge in [0.2, 0.25) is 0 Å². The zero-order valence-electron chi connectivity index (χ0n) is 21.2. The standard InChI is InChI=1S/C31H28Cl2N2O3S/c32-23-11-16-27(28(33)17-23)30(36)35(26-18-29(39-20-26)22-9-5-2-6-10-22)25-14-12-24(13-15-25)34-31(37)38-19-21-7-3-1-4-8-21/h1-11,16-18,20,24-25H,12-15,19H2,(H,34,37). The van der Waals surface area contributed by atoms with E-state index in [1.807, 2.05) is 58.8 Å². The number of hydrogen-bond donors (Lipinski definition) is 1. The number of halogens is 2. The summed E-state index contributed by atoms with van der Waals surface area (Å²) in [6.45, 7) is 0.230. The van der Waals surface area contributed by atoms with Gasteiger partial charge in [-0.05, 0) is 61.1 Å². The van der Waals surface area contributed by atoms with Gasteiger partial charge in [-0.25, -0.2) is 4.79 Å². The molecule has 4 aromatic rings. The van der Waals surface area contributed by atoms with Crippen LogP contribution in [0.5, 0.6) is 0 Å². The van der Waals surface area contributed by atoms with Crippen LogP contribution in [0, 0.1) is 0 Å². The minimum absolute atomic E-state index is 0.0112. The Morgan fingerprint density at radius 1 is 0.897 bits per heavy atom. The van der Waals surface area contributed by atoms with E-state index >= 15 is 0 Å². The Balaban J connectivity index is 1.29. The molecule has 1 aliphatic rings. The first kappa shape index (κ1) is 27.3. The van der Waals surface area contributed by atoms with Crippen molar-refractivity contribution in [1.82, 2.24) is 5.32 Å². The Morgan fingerprint density at radius 2 is 1.59 bits per heavy atom. The maximum Gasteiger partial charge on any atom is 0.407 e. The lowest BCUT2D eigenvalue weighted by molar-refractivity contribution is 0.0965. The minimum Gasteiger partial charge on any atom is -0.445 e. The predicted molar refractivity (Wildman–Crippen MR) is 159 cm³/mol. The van der Waals surface area contributed by atoms with Gasteiger partial charge in [-0.3, -0.25) is 4.79 Å². The van der Waals surface area contributed by atoms with Crippen molar-refractivity contribution >= 4 is 52.2 Å². The second-order valence-corrected chi connectivity index (χ2v) is 11.3. The fourth-order valence-electron chi connectivity index (χ4n) is 4.90. The molecule has 0 unspecified atom stereocenters. The van der Waals surface area contributed by atoms with Crippen LogP contribution in [-0.2, 0) is 11.3 Å². The van der Waals surface area contributed by atoms with E-state index in [0.717, 1.165) is 47.4 Å². The van der Waals surface area contributed by atoms with Gasteiger partial charge >= 0.3 is 6.09 Å². The number of benzene rings is 3. The van der Waals surface area contributed by atoms with Gasteiger partial charge in [-0.15, -0.1) is 11.3 Å². The molecule has 39 heavy (non-hydrogen) atoms. The van der Waals surface area contributed by atoms with Gasteiger partial charge in [0, 0.05) is 27.4 Å². The first-order valence-electron chi connectivity index (χ1n) is 12.9. The fourth-order valence-corrected chi connectivity index (χ4v) is 6.28. The second-order valence-electron chi connectivity index (χ2n) is 9.55. The third-order valence-corrected chi connectivity index (χ3v) is 8.41. The topological polar surface area (TPSA) is 58.6 Å². The van der Waals surface area contributed by atoms with E-state index in [0.29, 0.717) is 15.6 Å². The number of nitrogens with one attached hydrogen (secondary N) is 1. The molecule has 1 heterocycles. The van der Waals surface area contributed by atoms with Crippen LogP contribution in [0.3, 0.4) is 0 Å². The van der Waals surface area contributed by atoms with E-state index in [2.05, 4.69) is 23.5 Å². The van der Waals surface area contributed by atoms with Gasteiger partial charge in [0.05, 0.1) is 16.3 Å². The van der Waals surface area contributed by atoms with Crippen LogP contribution >= 0.6 is 34.5 Å². The minimum atomic E-state index is -0.423. The molecule has 1 fully saturated rings. The predicted octanol–water partition coefficient (Wildman–Crippen LogP) is 8.61.